The minimum Gasteiger partial charge on any atom is -0.494 e. The minimum atomic E-state index is -0.842. The average Bonchev–Trinajstić information content (AvgIpc) is 3.14. The van der Waals surface area contributed by atoms with Crippen molar-refractivity contribution in [1.82, 2.24) is 5.32 Å². The number of hydrogen-bond acceptors (Lipinski definition) is 4. The van der Waals surface area contributed by atoms with Crippen LogP contribution in [0.5, 0.6) is 5.75 Å². The van der Waals surface area contributed by atoms with Gasteiger partial charge in [0.2, 0.25) is 11.8 Å². The number of carbonyl (C=O) groups is 3. The number of benzene rings is 1. The first-order valence-corrected chi connectivity index (χ1v) is 9.49. The molecular formula is C20H28N2O5. The third-order valence-corrected chi connectivity index (χ3v) is 4.55. The zero-order valence-electron chi connectivity index (χ0n) is 15.7. The van der Waals surface area contributed by atoms with E-state index in [1.54, 1.807) is 24.3 Å². The molecule has 1 unspecified atom stereocenters. The molecule has 0 saturated heterocycles. The number of hydrogen-bond donors (Lipinski definition) is 3. The number of anilines is 1. The smallest absolute Gasteiger partial charge is 0.303 e. The maximum atomic E-state index is 12.1. The molecule has 1 fully saturated rings. The van der Waals surface area contributed by atoms with Crippen molar-refractivity contribution in [3.8, 4) is 5.75 Å². The van der Waals surface area contributed by atoms with Crippen LogP contribution in [0.2, 0.25) is 0 Å². The van der Waals surface area contributed by atoms with E-state index in [2.05, 4.69) is 10.6 Å². The van der Waals surface area contributed by atoms with Gasteiger partial charge in [0.1, 0.15) is 5.75 Å². The zero-order chi connectivity index (χ0) is 19.6. The highest BCUT2D eigenvalue weighted by Gasteiger charge is 2.24. The van der Waals surface area contributed by atoms with Crippen molar-refractivity contribution in [3.05, 3.63) is 24.3 Å². The SMILES string of the molecule is CC(CC(=O)Nc1ccc(OCCCC(=O)O)cc1)NC(=O)C1CCCC1. The number of nitrogens with one attached hydrogen (secondary N) is 2. The summed E-state index contributed by atoms with van der Waals surface area (Å²) >= 11 is 0. The normalized spacial score (nSPS) is 15.1. The molecule has 0 aliphatic heterocycles. The zero-order valence-corrected chi connectivity index (χ0v) is 15.7. The Hall–Kier alpha value is -2.57. The Morgan fingerprint density at radius 3 is 2.48 bits per heavy atom. The van der Waals surface area contributed by atoms with Gasteiger partial charge in [-0.2, -0.15) is 0 Å². The molecule has 0 spiro atoms. The predicted octanol–water partition coefficient (Wildman–Crippen LogP) is 2.95. The Labute approximate surface area is 159 Å². The molecule has 1 saturated carbocycles. The van der Waals surface area contributed by atoms with E-state index < -0.39 is 5.97 Å². The van der Waals surface area contributed by atoms with E-state index >= 15 is 0 Å². The molecule has 0 bridgehead atoms. The molecule has 148 valence electrons. The van der Waals surface area contributed by atoms with Gasteiger partial charge in [-0.05, 0) is 50.5 Å². The number of ether oxygens (including phenoxy) is 1. The van der Waals surface area contributed by atoms with Crippen LogP contribution in [0.1, 0.15) is 51.9 Å². The van der Waals surface area contributed by atoms with E-state index in [9.17, 15) is 14.4 Å². The van der Waals surface area contributed by atoms with Crippen LogP contribution >= 0.6 is 0 Å². The second kappa shape index (κ2) is 10.5. The summed E-state index contributed by atoms with van der Waals surface area (Å²) in [6, 6.07) is 6.69. The van der Waals surface area contributed by atoms with Gasteiger partial charge in [0.05, 0.1) is 6.61 Å². The molecule has 27 heavy (non-hydrogen) atoms. The largest absolute Gasteiger partial charge is 0.494 e. The van der Waals surface area contributed by atoms with E-state index in [1.165, 1.54) is 0 Å². The number of amides is 2. The van der Waals surface area contributed by atoms with Gasteiger partial charge in [0.15, 0.2) is 0 Å². The highest BCUT2D eigenvalue weighted by atomic mass is 16.5. The molecule has 1 aromatic rings. The van der Waals surface area contributed by atoms with Crippen LogP contribution in [0.25, 0.3) is 0 Å². The van der Waals surface area contributed by atoms with Crippen LogP contribution in [0.3, 0.4) is 0 Å². The topological polar surface area (TPSA) is 105 Å². The van der Waals surface area contributed by atoms with E-state index in [-0.39, 0.29) is 36.6 Å². The molecule has 7 nitrogen and oxygen atoms in total. The highest BCUT2D eigenvalue weighted by molar-refractivity contribution is 5.91. The average molecular weight is 376 g/mol. The maximum Gasteiger partial charge on any atom is 0.303 e. The monoisotopic (exact) mass is 376 g/mol. The van der Waals surface area contributed by atoms with Gasteiger partial charge in [0, 0.05) is 30.5 Å². The molecule has 0 aromatic heterocycles. The van der Waals surface area contributed by atoms with Gasteiger partial charge < -0.3 is 20.5 Å². The van der Waals surface area contributed by atoms with Crippen LogP contribution in [0.15, 0.2) is 24.3 Å². The molecule has 3 N–H and O–H groups in total. The van der Waals surface area contributed by atoms with Crippen molar-refractivity contribution in [2.24, 2.45) is 5.92 Å². The number of aliphatic carboxylic acids is 1. The summed E-state index contributed by atoms with van der Waals surface area (Å²) in [6.07, 6.45) is 4.82. The summed E-state index contributed by atoms with van der Waals surface area (Å²) in [5.41, 5.74) is 0.646. The van der Waals surface area contributed by atoms with Gasteiger partial charge in [-0.3, -0.25) is 14.4 Å². The lowest BCUT2D eigenvalue weighted by Crippen LogP contribution is -2.38. The third kappa shape index (κ3) is 7.68. The fourth-order valence-electron chi connectivity index (χ4n) is 3.14. The molecule has 2 amide bonds. The molecular weight excluding hydrogens is 348 g/mol. The molecule has 1 aliphatic rings. The summed E-state index contributed by atoms with van der Waals surface area (Å²) in [4.78, 5) is 34.7. The van der Waals surface area contributed by atoms with Crippen molar-refractivity contribution >= 4 is 23.5 Å². The van der Waals surface area contributed by atoms with Crippen molar-refractivity contribution in [2.45, 2.75) is 57.9 Å². The standard InChI is InChI=1S/C20H28N2O5/c1-14(21-20(26)15-5-2-3-6-15)13-18(23)22-16-8-10-17(11-9-16)27-12-4-7-19(24)25/h8-11,14-15H,2-7,12-13H2,1H3,(H,21,26)(H,22,23)(H,24,25). The Bertz CT molecular complexity index is 638. The first kappa shape index (κ1) is 20.7. The lowest BCUT2D eigenvalue weighted by atomic mass is 10.1. The number of rotatable bonds is 10. The molecule has 0 heterocycles. The first-order valence-electron chi connectivity index (χ1n) is 9.49. The van der Waals surface area contributed by atoms with Crippen LogP contribution in [-0.2, 0) is 14.4 Å². The van der Waals surface area contributed by atoms with Gasteiger partial charge in [-0.1, -0.05) is 12.8 Å². The van der Waals surface area contributed by atoms with Gasteiger partial charge in [-0.15, -0.1) is 0 Å². The minimum absolute atomic E-state index is 0.0530. The van der Waals surface area contributed by atoms with E-state index in [0.717, 1.165) is 25.7 Å². The summed E-state index contributed by atoms with van der Waals surface area (Å²) in [7, 11) is 0. The van der Waals surface area contributed by atoms with Crippen LogP contribution in [0, 0.1) is 5.92 Å². The first-order chi connectivity index (χ1) is 12.9. The van der Waals surface area contributed by atoms with Crippen LogP contribution < -0.4 is 15.4 Å². The summed E-state index contributed by atoms with van der Waals surface area (Å²) in [5, 5.41) is 14.3. The molecule has 2 rings (SSSR count). The number of carboxylic acid groups (broad SMARTS) is 1. The summed E-state index contributed by atoms with van der Waals surface area (Å²) < 4.78 is 5.45. The fraction of sp³-hybridized carbons (Fsp3) is 0.550. The third-order valence-electron chi connectivity index (χ3n) is 4.55. The molecule has 0 radical (unpaired) electrons. The van der Waals surface area contributed by atoms with Crippen molar-refractivity contribution < 1.29 is 24.2 Å². The molecule has 1 atom stereocenters. The van der Waals surface area contributed by atoms with Crippen molar-refractivity contribution in [1.29, 1.82) is 0 Å². The Morgan fingerprint density at radius 1 is 1.19 bits per heavy atom. The molecule has 1 aliphatic carbocycles. The van der Waals surface area contributed by atoms with E-state index in [0.29, 0.717) is 24.5 Å². The molecule has 1 aromatic carbocycles. The summed E-state index contributed by atoms with van der Waals surface area (Å²) in [5.74, 6) is -0.235. The second-order valence-corrected chi connectivity index (χ2v) is 7.01. The summed E-state index contributed by atoms with van der Waals surface area (Å²) in [6.45, 7) is 2.16. The maximum absolute atomic E-state index is 12.1. The van der Waals surface area contributed by atoms with Crippen molar-refractivity contribution in [2.75, 3.05) is 11.9 Å². The van der Waals surface area contributed by atoms with E-state index in [4.69, 9.17) is 9.84 Å². The Balaban J connectivity index is 1.69. The predicted molar refractivity (Wildman–Crippen MR) is 102 cm³/mol. The molecule has 7 heteroatoms. The van der Waals surface area contributed by atoms with Gasteiger partial charge >= 0.3 is 5.97 Å². The lowest BCUT2D eigenvalue weighted by molar-refractivity contribution is -0.137. The number of carboxylic acids is 1. The highest BCUT2D eigenvalue weighted by Crippen LogP contribution is 2.24. The van der Waals surface area contributed by atoms with Crippen LogP contribution in [0.4, 0.5) is 5.69 Å². The van der Waals surface area contributed by atoms with Gasteiger partial charge in [0.25, 0.3) is 0 Å². The quantitative estimate of drug-likeness (QED) is 0.545. The second-order valence-electron chi connectivity index (χ2n) is 7.01. The Morgan fingerprint density at radius 2 is 1.85 bits per heavy atom. The number of carbonyl (C=O) groups excluding carboxylic acids is 2. The van der Waals surface area contributed by atoms with Crippen LogP contribution in [-0.4, -0.2) is 35.5 Å². The fourth-order valence-corrected chi connectivity index (χ4v) is 3.14. The van der Waals surface area contributed by atoms with Crippen molar-refractivity contribution in [3.63, 3.8) is 0 Å². The Kier molecular flexibility index (Phi) is 8.10. The van der Waals surface area contributed by atoms with E-state index in [1.807, 2.05) is 6.92 Å². The lowest BCUT2D eigenvalue weighted by Gasteiger charge is -2.17. The van der Waals surface area contributed by atoms with Gasteiger partial charge in [-0.25, -0.2) is 0 Å².